The second-order valence-electron chi connectivity index (χ2n) is 6.02. The Labute approximate surface area is 154 Å². The van der Waals surface area contributed by atoms with Gasteiger partial charge in [0.2, 0.25) is 10.0 Å². The minimum Gasteiger partial charge on any atom is -0.372 e. The maximum Gasteiger partial charge on any atom is 0.233 e. The summed E-state index contributed by atoms with van der Waals surface area (Å²) in [6.45, 7) is 3.88. The molecule has 0 amide bonds. The van der Waals surface area contributed by atoms with Crippen LogP contribution in [-0.2, 0) is 20.4 Å². The molecule has 0 aliphatic heterocycles. The van der Waals surface area contributed by atoms with Crippen LogP contribution in [0.1, 0.15) is 23.6 Å². The van der Waals surface area contributed by atoms with E-state index in [9.17, 15) is 8.42 Å². The van der Waals surface area contributed by atoms with Crippen LogP contribution in [0.4, 0.5) is 0 Å². The highest BCUT2D eigenvalue weighted by Crippen LogP contribution is 2.26. The first-order chi connectivity index (χ1) is 11.7. The molecule has 134 valence electrons. The van der Waals surface area contributed by atoms with Crippen LogP contribution in [0.2, 0.25) is 5.02 Å². The molecule has 4 nitrogen and oxygen atoms in total. The van der Waals surface area contributed by atoms with Crippen LogP contribution in [-0.4, -0.2) is 22.1 Å². The van der Waals surface area contributed by atoms with Crippen molar-refractivity contribution in [1.82, 2.24) is 4.72 Å². The lowest BCUT2D eigenvalue weighted by molar-refractivity contribution is 0.00705. The van der Waals surface area contributed by atoms with Crippen molar-refractivity contribution in [2.45, 2.75) is 19.4 Å². The highest BCUT2D eigenvalue weighted by molar-refractivity contribution is 7.92. The van der Waals surface area contributed by atoms with Gasteiger partial charge in [0, 0.05) is 24.1 Å². The monoisotopic (exact) mass is 379 g/mol. The molecule has 0 aliphatic carbocycles. The van der Waals surface area contributed by atoms with Crippen LogP contribution < -0.4 is 4.72 Å². The number of hydrogen-bond acceptors (Lipinski definition) is 3. The third kappa shape index (κ3) is 5.68. The molecule has 0 aliphatic rings. The summed E-state index contributed by atoms with van der Waals surface area (Å²) in [6.07, 6.45) is 1.56. The van der Waals surface area contributed by atoms with E-state index in [1.807, 2.05) is 44.2 Å². The number of hydrogen-bond donors (Lipinski definition) is 1. The van der Waals surface area contributed by atoms with Gasteiger partial charge in [-0.15, -0.1) is 0 Å². The number of aryl methyl sites for hydroxylation is 1. The lowest BCUT2D eigenvalue weighted by Crippen LogP contribution is -2.39. The minimum atomic E-state index is -3.59. The molecule has 2 aromatic carbocycles. The summed E-state index contributed by atoms with van der Waals surface area (Å²) < 4.78 is 32.6. The Bertz CT molecular complexity index is 847. The van der Waals surface area contributed by atoms with Gasteiger partial charge >= 0.3 is 0 Å². The van der Waals surface area contributed by atoms with E-state index in [0.29, 0.717) is 5.02 Å². The van der Waals surface area contributed by atoms with Crippen molar-refractivity contribution in [2.75, 3.05) is 13.7 Å². The van der Waals surface area contributed by atoms with Crippen LogP contribution in [0.15, 0.2) is 53.9 Å². The molecule has 0 bridgehead atoms. The van der Waals surface area contributed by atoms with Gasteiger partial charge in [-0.25, -0.2) is 13.1 Å². The highest BCUT2D eigenvalue weighted by Gasteiger charge is 2.28. The Kier molecular flexibility index (Phi) is 6.41. The summed E-state index contributed by atoms with van der Waals surface area (Å²) in [5.74, 6) is 0. The predicted molar refractivity (Wildman–Crippen MR) is 103 cm³/mol. The summed E-state index contributed by atoms with van der Waals surface area (Å²) in [6, 6.07) is 14.8. The first-order valence-electron chi connectivity index (χ1n) is 7.80. The summed E-state index contributed by atoms with van der Waals surface area (Å²) >= 11 is 6.02. The Morgan fingerprint density at radius 2 is 1.88 bits per heavy atom. The van der Waals surface area contributed by atoms with E-state index in [1.165, 1.54) is 7.11 Å². The van der Waals surface area contributed by atoms with Crippen molar-refractivity contribution in [2.24, 2.45) is 0 Å². The average molecular weight is 380 g/mol. The molecular formula is C19H22ClNO3S. The van der Waals surface area contributed by atoms with E-state index in [4.69, 9.17) is 16.3 Å². The zero-order valence-corrected chi connectivity index (χ0v) is 16.1. The average Bonchev–Trinajstić information content (AvgIpc) is 2.59. The number of rotatable bonds is 7. The molecule has 1 unspecified atom stereocenters. The minimum absolute atomic E-state index is 0.0877. The molecule has 1 N–H and O–H groups in total. The fourth-order valence-corrected chi connectivity index (χ4v) is 3.34. The molecule has 2 rings (SSSR count). The smallest absolute Gasteiger partial charge is 0.233 e. The van der Waals surface area contributed by atoms with E-state index in [-0.39, 0.29) is 6.54 Å². The number of methoxy groups -OCH3 is 1. The molecule has 0 heterocycles. The van der Waals surface area contributed by atoms with Gasteiger partial charge in [0.25, 0.3) is 0 Å². The second kappa shape index (κ2) is 8.15. The molecule has 2 aromatic rings. The van der Waals surface area contributed by atoms with E-state index in [0.717, 1.165) is 22.1 Å². The molecule has 6 heteroatoms. The van der Waals surface area contributed by atoms with Crippen molar-refractivity contribution in [3.63, 3.8) is 0 Å². The first kappa shape index (κ1) is 19.7. The largest absolute Gasteiger partial charge is 0.372 e. The van der Waals surface area contributed by atoms with Crippen molar-refractivity contribution in [3.05, 3.63) is 75.7 Å². The number of nitrogens with one attached hydrogen (secondary N) is 1. The van der Waals surface area contributed by atoms with Gasteiger partial charge in [-0.1, -0.05) is 53.6 Å². The molecule has 0 radical (unpaired) electrons. The summed E-state index contributed by atoms with van der Waals surface area (Å²) in [5, 5.41) is 1.73. The summed E-state index contributed by atoms with van der Waals surface area (Å²) in [7, 11) is -2.06. The normalized spacial score (nSPS) is 14.6. The van der Waals surface area contributed by atoms with Gasteiger partial charge in [0.15, 0.2) is 0 Å². The fraction of sp³-hybridized carbons (Fsp3) is 0.263. The van der Waals surface area contributed by atoms with E-state index >= 15 is 0 Å². The van der Waals surface area contributed by atoms with E-state index in [2.05, 4.69) is 4.72 Å². The highest BCUT2D eigenvalue weighted by atomic mass is 35.5. The molecule has 0 spiro atoms. The molecule has 0 aromatic heterocycles. The van der Waals surface area contributed by atoms with Crippen LogP contribution >= 0.6 is 11.6 Å². The standard InChI is InChI=1S/C19H22ClNO3S/c1-15-7-9-16(10-8-15)11-12-25(22,23)21-14-19(2,24-3)17-5-4-6-18(20)13-17/h4-13,21H,14H2,1-3H3/b12-11+. The van der Waals surface area contributed by atoms with Crippen molar-refractivity contribution in [3.8, 4) is 0 Å². The van der Waals surface area contributed by atoms with Crippen LogP contribution in [0.5, 0.6) is 0 Å². The van der Waals surface area contributed by atoms with Crippen LogP contribution in [0, 0.1) is 6.92 Å². The Morgan fingerprint density at radius 3 is 2.48 bits per heavy atom. The van der Waals surface area contributed by atoms with Gasteiger partial charge < -0.3 is 4.74 Å². The van der Waals surface area contributed by atoms with Crippen LogP contribution in [0.3, 0.4) is 0 Å². The van der Waals surface area contributed by atoms with Gasteiger partial charge in [0.05, 0.1) is 0 Å². The van der Waals surface area contributed by atoms with Crippen molar-refractivity contribution >= 4 is 27.7 Å². The SMILES string of the molecule is COC(C)(CNS(=O)(=O)/C=C/c1ccc(C)cc1)c1cccc(Cl)c1. The maximum absolute atomic E-state index is 12.3. The molecule has 0 saturated heterocycles. The zero-order valence-electron chi connectivity index (χ0n) is 14.5. The number of benzene rings is 2. The van der Waals surface area contributed by atoms with E-state index in [1.54, 1.807) is 24.3 Å². The molecule has 0 saturated carbocycles. The second-order valence-corrected chi connectivity index (χ2v) is 8.11. The number of ether oxygens (including phenoxy) is 1. The molecule has 1 atom stereocenters. The zero-order chi connectivity index (χ0) is 18.5. The predicted octanol–water partition coefficient (Wildman–Crippen LogP) is 4.10. The molecule has 0 fully saturated rings. The number of sulfonamides is 1. The topological polar surface area (TPSA) is 55.4 Å². The van der Waals surface area contributed by atoms with Gasteiger partial charge in [-0.2, -0.15) is 0 Å². The number of halogens is 1. The Hall–Kier alpha value is -1.66. The van der Waals surface area contributed by atoms with Crippen molar-refractivity contribution < 1.29 is 13.2 Å². The first-order valence-corrected chi connectivity index (χ1v) is 9.72. The van der Waals surface area contributed by atoms with Crippen LogP contribution in [0.25, 0.3) is 6.08 Å². The molecular weight excluding hydrogens is 358 g/mol. The fourth-order valence-electron chi connectivity index (χ4n) is 2.24. The quantitative estimate of drug-likeness (QED) is 0.787. The Balaban J connectivity index is 2.10. The summed E-state index contributed by atoms with van der Waals surface area (Å²) in [5.41, 5.74) is 1.92. The third-order valence-corrected chi connectivity index (χ3v) is 5.29. The van der Waals surface area contributed by atoms with Gasteiger partial charge in [0.1, 0.15) is 5.60 Å². The van der Waals surface area contributed by atoms with Gasteiger partial charge in [-0.3, -0.25) is 0 Å². The van der Waals surface area contributed by atoms with Gasteiger partial charge in [-0.05, 0) is 43.2 Å². The lowest BCUT2D eigenvalue weighted by atomic mass is 9.96. The van der Waals surface area contributed by atoms with E-state index < -0.39 is 15.6 Å². The lowest BCUT2D eigenvalue weighted by Gasteiger charge is -2.28. The van der Waals surface area contributed by atoms with Crippen molar-refractivity contribution in [1.29, 1.82) is 0 Å². The molecule has 25 heavy (non-hydrogen) atoms. The third-order valence-electron chi connectivity index (χ3n) is 4.01. The summed E-state index contributed by atoms with van der Waals surface area (Å²) in [4.78, 5) is 0. The Morgan fingerprint density at radius 1 is 1.20 bits per heavy atom. The maximum atomic E-state index is 12.3.